The van der Waals surface area contributed by atoms with Gasteiger partial charge in [0.25, 0.3) is 0 Å². The highest BCUT2D eigenvalue weighted by Gasteiger charge is 2.30. The Kier molecular flexibility index (Phi) is 8.46. The molecule has 0 heterocycles. The first kappa shape index (κ1) is 25.0. The van der Waals surface area contributed by atoms with Crippen molar-refractivity contribution in [3.8, 4) is 11.1 Å². The molecule has 1 aliphatic rings. The third-order valence-electron chi connectivity index (χ3n) is 6.30. The molecule has 2 amide bonds. The first-order chi connectivity index (χ1) is 16.3. The number of aliphatic carboxylic acids is 1. The molecule has 1 aliphatic carbocycles. The summed E-state index contributed by atoms with van der Waals surface area (Å²) in [7, 11) is 0. The van der Waals surface area contributed by atoms with E-state index in [1.807, 2.05) is 50.2 Å². The minimum atomic E-state index is -1.10. The van der Waals surface area contributed by atoms with Gasteiger partial charge in [0.2, 0.25) is 5.91 Å². The predicted octanol–water partition coefficient (Wildman–Crippen LogP) is 4.48. The summed E-state index contributed by atoms with van der Waals surface area (Å²) < 4.78 is 5.52. The molecule has 3 rings (SSSR count). The summed E-state index contributed by atoms with van der Waals surface area (Å²) in [6.45, 7) is 7.65. The zero-order chi connectivity index (χ0) is 24.7. The van der Waals surface area contributed by atoms with Crippen molar-refractivity contribution in [2.75, 3.05) is 6.61 Å². The number of carbonyl (C=O) groups is 3. The molecule has 3 N–H and O–H groups in total. The number of benzene rings is 2. The molecule has 2 aromatic carbocycles. The van der Waals surface area contributed by atoms with Crippen LogP contribution in [0, 0.1) is 5.92 Å². The van der Waals surface area contributed by atoms with E-state index in [0.717, 1.165) is 28.7 Å². The molecule has 3 atom stereocenters. The number of ether oxygens (including phenoxy) is 1. The van der Waals surface area contributed by atoms with Crippen LogP contribution in [0.25, 0.3) is 11.1 Å². The molecular formula is C27H32N2O5. The fraction of sp³-hybridized carbons (Fsp3) is 0.370. The van der Waals surface area contributed by atoms with Crippen LogP contribution in [0.1, 0.15) is 50.2 Å². The van der Waals surface area contributed by atoms with Gasteiger partial charge in [0.05, 0.1) is 0 Å². The maximum absolute atomic E-state index is 12.7. The number of hydrogen-bond acceptors (Lipinski definition) is 4. The van der Waals surface area contributed by atoms with E-state index in [1.54, 1.807) is 0 Å². The molecule has 0 aromatic heterocycles. The van der Waals surface area contributed by atoms with Crippen molar-refractivity contribution >= 4 is 18.0 Å². The number of carboxylic acids is 1. The molecule has 0 radical (unpaired) electrons. The molecule has 0 fully saturated rings. The molecule has 34 heavy (non-hydrogen) atoms. The first-order valence-electron chi connectivity index (χ1n) is 11.6. The monoisotopic (exact) mass is 464 g/mol. The van der Waals surface area contributed by atoms with Crippen LogP contribution in [0.2, 0.25) is 0 Å². The van der Waals surface area contributed by atoms with E-state index in [-0.39, 0.29) is 24.9 Å². The molecule has 0 spiro atoms. The maximum Gasteiger partial charge on any atom is 0.407 e. The van der Waals surface area contributed by atoms with Crippen LogP contribution in [-0.2, 0) is 14.3 Å². The van der Waals surface area contributed by atoms with Crippen LogP contribution in [0.3, 0.4) is 0 Å². The van der Waals surface area contributed by atoms with E-state index in [2.05, 4.69) is 29.3 Å². The van der Waals surface area contributed by atoms with Crippen LogP contribution in [0.5, 0.6) is 0 Å². The largest absolute Gasteiger partial charge is 0.480 e. The molecular weight excluding hydrogens is 432 g/mol. The van der Waals surface area contributed by atoms with Gasteiger partial charge in [0.15, 0.2) is 0 Å². The summed E-state index contributed by atoms with van der Waals surface area (Å²) in [6, 6.07) is 14.0. The summed E-state index contributed by atoms with van der Waals surface area (Å²) in [5.41, 5.74) is 4.42. The number of amides is 2. The van der Waals surface area contributed by atoms with Gasteiger partial charge >= 0.3 is 12.1 Å². The second-order valence-corrected chi connectivity index (χ2v) is 8.70. The number of alkyl carbamates (subject to hydrolysis) is 1. The van der Waals surface area contributed by atoms with Gasteiger partial charge in [-0.1, -0.05) is 74.9 Å². The molecule has 2 aromatic rings. The smallest absolute Gasteiger partial charge is 0.407 e. The van der Waals surface area contributed by atoms with Crippen molar-refractivity contribution in [2.24, 2.45) is 5.92 Å². The molecule has 3 unspecified atom stereocenters. The van der Waals surface area contributed by atoms with Gasteiger partial charge in [0.1, 0.15) is 18.7 Å². The Morgan fingerprint density at radius 1 is 1.03 bits per heavy atom. The van der Waals surface area contributed by atoms with E-state index < -0.39 is 30.1 Å². The van der Waals surface area contributed by atoms with Crippen molar-refractivity contribution in [2.45, 2.75) is 51.1 Å². The van der Waals surface area contributed by atoms with E-state index >= 15 is 0 Å². The summed E-state index contributed by atoms with van der Waals surface area (Å²) in [6.07, 6.45) is 2.01. The third kappa shape index (κ3) is 5.84. The molecule has 0 saturated carbocycles. The molecule has 0 aliphatic heterocycles. The van der Waals surface area contributed by atoms with E-state index in [1.165, 1.54) is 6.08 Å². The number of nitrogens with one attached hydrogen (secondary N) is 2. The van der Waals surface area contributed by atoms with Crippen molar-refractivity contribution in [3.63, 3.8) is 0 Å². The van der Waals surface area contributed by atoms with Crippen molar-refractivity contribution in [1.82, 2.24) is 10.6 Å². The number of rotatable bonds is 11. The Morgan fingerprint density at radius 2 is 1.62 bits per heavy atom. The van der Waals surface area contributed by atoms with E-state index in [0.29, 0.717) is 6.42 Å². The van der Waals surface area contributed by atoms with Gasteiger partial charge in [0, 0.05) is 5.92 Å². The highest BCUT2D eigenvalue weighted by atomic mass is 16.5. The number of carboxylic acid groups (broad SMARTS) is 1. The minimum absolute atomic E-state index is 0.100. The molecule has 7 nitrogen and oxygen atoms in total. The minimum Gasteiger partial charge on any atom is -0.480 e. The molecule has 0 saturated heterocycles. The first-order valence-corrected chi connectivity index (χ1v) is 11.6. The highest BCUT2D eigenvalue weighted by molar-refractivity contribution is 5.89. The van der Waals surface area contributed by atoms with Gasteiger partial charge < -0.3 is 20.5 Å². The van der Waals surface area contributed by atoms with Gasteiger partial charge in [-0.3, -0.25) is 4.79 Å². The highest BCUT2D eigenvalue weighted by Crippen LogP contribution is 2.44. The lowest BCUT2D eigenvalue weighted by atomic mass is 9.98. The summed E-state index contributed by atoms with van der Waals surface area (Å²) in [4.78, 5) is 36.9. The van der Waals surface area contributed by atoms with Crippen molar-refractivity contribution < 1.29 is 24.2 Å². The topological polar surface area (TPSA) is 105 Å². The Hall–Kier alpha value is -3.61. The average Bonchev–Trinajstić information content (AvgIpc) is 3.15. The summed E-state index contributed by atoms with van der Waals surface area (Å²) in [5, 5.41) is 14.6. The van der Waals surface area contributed by atoms with Crippen LogP contribution in [-0.4, -0.2) is 41.8 Å². The van der Waals surface area contributed by atoms with Crippen LogP contribution in [0.15, 0.2) is 61.2 Å². The standard InChI is InChI=1S/C27H32N2O5/c1-4-10-23(25(30)28-24(26(31)32)15-17(3)5-2)29-27(33)34-16-22-20-13-8-6-11-18(20)19-12-7-9-14-21(19)22/h4,6-9,11-14,17,22-24H,1,5,10,15-16H2,2-3H3,(H,28,30)(H,29,33)(H,31,32). The fourth-order valence-electron chi connectivity index (χ4n) is 4.24. The SMILES string of the molecule is C=CCC(NC(=O)OCC1c2ccccc2-c2ccccc21)C(=O)NC(CC(C)CC)C(=O)O. The number of hydrogen-bond donors (Lipinski definition) is 3. The van der Waals surface area contributed by atoms with Crippen molar-refractivity contribution in [1.29, 1.82) is 0 Å². The third-order valence-corrected chi connectivity index (χ3v) is 6.30. The zero-order valence-electron chi connectivity index (χ0n) is 19.6. The van der Waals surface area contributed by atoms with Crippen molar-refractivity contribution in [3.05, 3.63) is 72.3 Å². The molecule has 7 heteroatoms. The van der Waals surface area contributed by atoms with Crippen LogP contribution < -0.4 is 10.6 Å². The normalized spacial score (nSPS) is 14.8. The Balaban J connectivity index is 1.63. The second-order valence-electron chi connectivity index (χ2n) is 8.70. The Labute approximate surface area is 200 Å². The van der Waals surface area contributed by atoms with Gasteiger partial charge in [-0.15, -0.1) is 6.58 Å². The lowest BCUT2D eigenvalue weighted by Crippen LogP contribution is -2.52. The fourth-order valence-corrected chi connectivity index (χ4v) is 4.24. The van der Waals surface area contributed by atoms with E-state index in [4.69, 9.17) is 4.74 Å². The summed E-state index contributed by atoms with van der Waals surface area (Å²) in [5.74, 6) is -1.65. The molecule has 180 valence electrons. The lowest BCUT2D eigenvalue weighted by molar-refractivity contribution is -0.142. The zero-order valence-corrected chi connectivity index (χ0v) is 19.6. The maximum atomic E-state index is 12.7. The predicted molar refractivity (Wildman–Crippen MR) is 130 cm³/mol. The van der Waals surface area contributed by atoms with Gasteiger partial charge in [-0.2, -0.15) is 0 Å². The van der Waals surface area contributed by atoms with Gasteiger partial charge in [-0.25, -0.2) is 9.59 Å². The van der Waals surface area contributed by atoms with E-state index in [9.17, 15) is 19.5 Å². The van der Waals surface area contributed by atoms with Crippen LogP contribution >= 0.6 is 0 Å². The lowest BCUT2D eigenvalue weighted by Gasteiger charge is -2.22. The van der Waals surface area contributed by atoms with Crippen LogP contribution in [0.4, 0.5) is 4.79 Å². The Morgan fingerprint density at radius 3 is 2.15 bits per heavy atom. The Bertz CT molecular complexity index is 1010. The average molecular weight is 465 g/mol. The quantitative estimate of drug-likeness (QED) is 0.426. The van der Waals surface area contributed by atoms with Gasteiger partial charge in [-0.05, 0) is 41.0 Å². The summed E-state index contributed by atoms with van der Waals surface area (Å²) >= 11 is 0. The molecule has 0 bridgehead atoms. The second kappa shape index (κ2) is 11.5. The number of carbonyl (C=O) groups excluding carboxylic acids is 2. The number of fused-ring (bicyclic) bond motifs is 3.